The van der Waals surface area contributed by atoms with Gasteiger partial charge in [-0.05, 0) is 61.1 Å². The molecule has 0 unspecified atom stereocenters. The first-order valence-electron chi connectivity index (χ1n) is 8.62. The summed E-state index contributed by atoms with van der Waals surface area (Å²) >= 11 is 0. The van der Waals surface area contributed by atoms with Crippen LogP contribution in [0.1, 0.15) is 47.2 Å². The van der Waals surface area contributed by atoms with Gasteiger partial charge in [-0.25, -0.2) is 0 Å². The molecule has 2 aromatic rings. The Morgan fingerprint density at radius 2 is 1.52 bits per heavy atom. The quantitative estimate of drug-likeness (QED) is 0.765. The lowest BCUT2D eigenvalue weighted by Crippen LogP contribution is -2.31. The van der Waals surface area contributed by atoms with Gasteiger partial charge in [0.15, 0.2) is 0 Å². The van der Waals surface area contributed by atoms with Gasteiger partial charge in [0.2, 0.25) is 0 Å². The fourth-order valence-electron chi connectivity index (χ4n) is 3.21. The van der Waals surface area contributed by atoms with Gasteiger partial charge in [-0.3, -0.25) is 4.79 Å². The van der Waals surface area contributed by atoms with Crippen molar-refractivity contribution < 1.29 is 4.79 Å². The number of aryl methyl sites for hydroxylation is 2. The van der Waals surface area contributed by atoms with Crippen LogP contribution in [0.5, 0.6) is 0 Å². The maximum atomic E-state index is 12.8. The maximum absolute atomic E-state index is 12.8. The predicted molar refractivity (Wildman–Crippen MR) is 95.7 cm³/mol. The standard InChI is InChI=1S/C21H25NO/c1-16-10-11-19(14-17(16)2)18-8-7-9-20(15-18)21(23)22-12-5-3-4-6-13-22/h7-11,14-15H,3-6,12-13H2,1-2H3. The van der Waals surface area contributed by atoms with Crippen molar-refractivity contribution in [1.29, 1.82) is 0 Å². The molecule has 2 heteroatoms. The summed E-state index contributed by atoms with van der Waals surface area (Å²) in [6.07, 6.45) is 4.74. The molecule has 0 radical (unpaired) electrons. The Bertz CT molecular complexity index is 697. The molecular weight excluding hydrogens is 282 g/mol. The van der Waals surface area contributed by atoms with Crippen LogP contribution < -0.4 is 0 Å². The molecule has 1 fully saturated rings. The highest BCUT2D eigenvalue weighted by Crippen LogP contribution is 2.24. The molecule has 0 atom stereocenters. The van der Waals surface area contributed by atoms with Crippen molar-refractivity contribution in [2.45, 2.75) is 39.5 Å². The van der Waals surface area contributed by atoms with E-state index in [0.29, 0.717) is 0 Å². The zero-order valence-electron chi connectivity index (χ0n) is 14.1. The van der Waals surface area contributed by atoms with Crippen LogP contribution in [0.2, 0.25) is 0 Å². The normalized spacial score (nSPS) is 15.3. The van der Waals surface area contributed by atoms with Crippen LogP contribution in [-0.4, -0.2) is 23.9 Å². The second kappa shape index (κ2) is 6.99. The SMILES string of the molecule is Cc1ccc(-c2cccc(C(=O)N3CCCCCC3)c2)cc1C. The Morgan fingerprint density at radius 1 is 0.826 bits per heavy atom. The summed E-state index contributed by atoms with van der Waals surface area (Å²) in [6, 6.07) is 14.5. The van der Waals surface area contributed by atoms with Crippen molar-refractivity contribution >= 4 is 5.91 Å². The van der Waals surface area contributed by atoms with Crippen molar-refractivity contribution in [3.63, 3.8) is 0 Å². The summed E-state index contributed by atoms with van der Waals surface area (Å²) in [5, 5.41) is 0. The van der Waals surface area contributed by atoms with E-state index >= 15 is 0 Å². The number of carbonyl (C=O) groups excluding carboxylic acids is 1. The zero-order valence-corrected chi connectivity index (χ0v) is 14.1. The highest BCUT2D eigenvalue weighted by molar-refractivity contribution is 5.95. The van der Waals surface area contributed by atoms with Gasteiger partial charge in [0.25, 0.3) is 5.91 Å². The summed E-state index contributed by atoms with van der Waals surface area (Å²) < 4.78 is 0. The van der Waals surface area contributed by atoms with Crippen LogP contribution in [0.3, 0.4) is 0 Å². The van der Waals surface area contributed by atoms with Crippen molar-refractivity contribution in [2.24, 2.45) is 0 Å². The molecule has 0 N–H and O–H groups in total. The number of carbonyl (C=O) groups is 1. The highest BCUT2D eigenvalue weighted by atomic mass is 16.2. The van der Waals surface area contributed by atoms with E-state index < -0.39 is 0 Å². The van der Waals surface area contributed by atoms with E-state index in [-0.39, 0.29) is 5.91 Å². The lowest BCUT2D eigenvalue weighted by atomic mass is 9.99. The third-order valence-electron chi connectivity index (χ3n) is 4.84. The molecular formula is C21H25NO. The first kappa shape index (κ1) is 15.8. The Balaban J connectivity index is 1.86. The summed E-state index contributed by atoms with van der Waals surface area (Å²) in [5.41, 5.74) is 5.69. The van der Waals surface area contributed by atoms with Crippen LogP contribution in [0.4, 0.5) is 0 Å². The van der Waals surface area contributed by atoms with E-state index in [1.165, 1.54) is 29.5 Å². The van der Waals surface area contributed by atoms with Gasteiger partial charge in [-0.15, -0.1) is 0 Å². The van der Waals surface area contributed by atoms with Crippen LogP contribution >= 0.6 is 0 Å². The molecule has 0 aromatic heterocycles. The molecule has 2 nitrogen and oxygen atoms in total. The lowest BCUT2D eigenvalue weighted by Gasteiger charge is -2.20. The number of hydrogen-bond acceptors (Lipinski definition) is 1. The Labute approximate surface area is 139 Å². The van der Waals surface area contributed by atoms with Gasteiger partial charge in [0, 0.05) is 18.7 Å². The lowest BCUT2D eigenvalue weighted by molar-refractivity contribution is 0.0761. The summed E-state index contributed by atoms with van der Waals surface area (Å²) in [5.74, 6) is 0.178. The molecule has 23 heavy (non-hydrogen) atoms. The van der Waals surface area contributed by atoms with Gasteiger partial charge >= 0.3 is 0 Å². The Hall–Kier alpha value is -2.09. The minimum atomic E-state index is 0.178. The van der Waals surface area contributed by atoms with Crippen molar-refractivity contribution in [3.05, 3.63) is 59.2 Å². The van der Waals surface area contributed by atoms with E-state index in [4.69, 9.17) is 0 Å². The first-order chi connectivity index (χ1) is 11.1. The second-order valence-electron chi connectivity index (χ2n) is 6.59. The molecule has 1 saturated heterocycles. The van der Waals surface area contributed by atoms with Crippen LogP contribution in [0, 0.1) is 13.8 Å². The Kier molecular flexibility index (Phi) is 4.80. The average Bonchev–Trinajstić information content (AvgIpc) is 2.86. The van der Waals surface area contributed by atoms with Crippen LogP contribution in [0.15, 0.2) is 42.5 Å². The summed E-state index contributed by atoms with van der Waals surface area (Å²) in [6.45, 7) is 6.04. The second-order valence-corrected chi connectivity index (χ2v) is 6.59. The summed E-state index contributed by atoms with van der Waals surface area (Å²) in [4.78, 5) is 14.8. The van der Waals surface area contributed by atoms with Crippen molar-refractivity contribution in [1.82, 2.24) is 4.90 Å². The average molecular weight is 307 g/mol. The third kappa shape index (κ3) is 3.64. The predicted octanol–water partition coefficient (Wildman–Crippen LogP) is 4.99. The minimum Gasteiger partial charge on any atom is -0.339 e. The molecule has 120 valence electrons. The van der Waals surface area contributed by atoms with Gasteiger partial charge in [-0.2, -0.15) is 0 Å². The molecule has 3 rings (SSSR count). The van der Waals surface area contributed by atoms with Gasteiger partial charge in [0.05, 0.1) is 0 Å². The molecule has 1 heterocycles. The largest absolute Gasteiger partial charge is 0.339 e. The minimum absolute atomic E-state index is 0.178. The third-order valence-corrected chi connectivity index (χ3v) is 4.84. The van der Waals surface area contributed by atoms with Crippen LogP contribution in [0.25, 0.3) is 11.1 Å². The van der Waals surface area contributed by atoms with Gasteiger partial charge < -0.3 is 4.90 Å². The maximum Gasteiger partial charge on any atom is 0.253 e. The molecule has 2 aromatic carbocycles. The van der Waals surface area contributed by atoms with E-state index in [0.717, 1.165) is 37.1 Å². The molecule has 1 aliphatic heterocycles. The number of likely N-dealkylation sites (tertiary alicyclic amines) is 1. The van der Waals surface area contributed by atoms with Crippen LogP contribution in [-0.2, 0) is 0 Å². The number of nitrogens with zero attached hydrogens (tertiary/aromatic N) is 1. The fourth-order valence-corrected chi connectivity index (χ4v) is 3.21. The molecule has 1 amide bonds. The molecule has 0 spiro atoms. The van der Waals surface area contributed by atoms with Crippen molar-refractivity contribution in [2.75, 3.05) is 13.1 Å². The number of rotatable bonds is 2. The van der Waals surface area contributed by atoms with E-state index in [1.807, 2.05) is 23.1 Å². The molecule has 0 aliphatic carbocycles. The molecule has 1 aliphatic rings. The topological polar surface area (TPSA) is 20.3 Å². The smallest absolute Gasteiger partial charge is 0.253 e. The number of benzene rings is 2. The monoisotopic (exact) mass is 307 g/mol. The van der Waals surface area contributed by atoms with E-state index in [2.05, 4.69) is 38.1 Å². The first-order valence-corrected chi connectivity index (χ1v) is 8.62. The molecule has 0 bridgehead atoms. The number of amides is 1. The van der Waals surface area contributed by atoms with Gasteiger partial charge in [-0.1, -0.05) is 43.2 Å². The van der Waals surface area contributed by atoms with E-state index in [1.54, 1.807) is 0 Å². The highest BCUT2D eigenvalue weighted by Gasteiger charge is 2.17. The van der Waals surface area contributed by atoms with E-state index in [9.17, 15) is 4.79 Å². The Morgan fingerprint density at radius 3 is 2.22 bits per heavy atom. The zero-order chi connectivity index (χ0) is 16.2. The number of hydrogen-bond donors (Lipinski definition) is 0. The fraction of sp³-hybridized carbons (Fsp3) is 0.381. The summed E-state index contributed by atoms with van der Waals surface area (Å²) in [7, 11) is 0. The van der Waals surface area contributed by atoms with Gasteiger partial charge in [0.1, 0.15) is 0 Å². The van der Waals surface area contributed by atoms with Crippen molar-refractivity contribution in [3.8, 4) is 11.1 Å². The molecule has 0 saturated carbocycles.